The van der Waals surface area contributed by atoms with E-state index in [0.29, 0.717) is 23.9 Å². The van der Waals surface area contributed by atoms with E-state index in [1.807, 2.05) is 43.6 Å². The summed E-state index contributed by atoms with van der Waals surface area (Å²) in [5.74, 6) is 0.621. The van der Waals surface area contributed by atoms with Crippen molar-refractivity contribution in [2.45, 2.75) is 25.3 Å². The molecular formula is C24H24N4O2S. The van der Waals surface area contributed by atoms with E-state index in [9.17, 15) is 9.59 Å². The highest BCUT2D eigenvalue weighted by Gasteiger charge is 2.29. The van der Waals surface area contributed by atoms with Gasteiger partial charge in [-0.2, -0.15) is 0 Å². The SMILES string of the molecule is CNC(=O)c1ccc(-c2cn3c(n2)sc2cc(C(=O)CC4CC(NC)C4)ccc23)cc1. The molecule has 1 amide bonds. The van der Waals surface area contributed by atoms with Crippen molar-refractivity contribution in [2.75, 3.05) is 14.1 Å². The van der Waals surface area contributed by atoms with Crippen LogP contribution in [-0.2, 0) is 0 Å². The molecule has 2 aromatic carbocycles. The Balaban J connectivity index is 1.38. The second kappa shape index (κ2) is 7.90. The number of nitrogens with zero attached hydrogens (tertiary/aromatic N) is 2. The number of carbonyl (C=O) groups is 2. The second-order valence-corrected chi connectivity index (χ2v) is 9.18. The monoisotopic (exact) mass is 432 g/mol. The van der Waals surface area contributed by atoms with Crippen molar-refractivity contribution in [2.24, 2.45) is 5.92 Å². The van der Waals surface area contributed by atoms with E-state index < -0.39 is 0 Å². The van der Waals surface area contributed by atoms with E-state index in [2.05, 4.69) is 15.0 Å². The summed E-state index contributed by atoms with van der Waals surface area (Å²) < 4.78 is 3.14. The van der Waals surface area contributed by atoms with Crippen molar-refractivity contribution in [1.29, 1.82) is 0 Å². The van der Waals surface area contributed by atoms with Gasteiger partial charge < -0.3 is 10.6 Å². The van der Waals surface area contributed by atoms with Gasteiger partial charge >= 0.3 is 0 Å². The molecule has 1 aliphatic rings. The summed E-state index contributed by atoms with van der Waals surface area (Å²) in [6.45, 7) is 0. The number of aromatic nitrogens is 2. The number of rotatable bonds is 6. The molecular weight excluding hydrogens is 408 g/mol. The number of ketones is 1. The fourth-order valence-corrected chi connectivity index (χ4v) is 5.32. The molecule has 0 saturated heterocycles. The zero-order chi connectivity index (χ0) is 21.5. The van der Waals surface area contributed by atoms with Gasteiger partial charge in [-0.05, 0) is 56.1 Å². The topological polar surface area (TPSA) is 75.5 Å². The average molecular weight is 433 g/mol. The first kappa shape index (κ1) is 19.9. The fourth-order valence-electron chi connectivity index (χ4n) is 4.27. The molecule has 0 radical (unpaired) electrons. The lowest BCUT2D eigenvalue weighted by Gasteiger charge is -2.34. The zero-order valence-corrected chi connectivity index (χ0v) is 18.3. The van der Waals surface area contributed by atoms with Crippen molar-refractivity contribution in [1.82, 2.24) is 20.0 Å². The lowest BCUT2D eigenvalue weighted by Crippen LogP contribution is -2.39. The average Bonchev–Trinajstić information content (AvgIpc) is 3.32. The van der Waals surface area contributed by atoms with Gasteiger partial charge in [-0.25, -0.2) is 4.98 Å². The van der Waals surface area contributed by atoms with Gasteiger partial charge in [0.25, 0.3) is 5.91 Å². The van der Waals surface area contributed by atoms with Gasteiger partial charge in [-0.15, -0.1) is 0 Å². The molecule has 1 aliphatic carbocycles. The molecule has 2 aromatic heterocycles. The standard InChI is InChI=1S/C24H24N4O2S/c1-25-18-9-14(10-18)11-21(29)17-7-8-20-22(12-17)31-24-27-19(13-28(20)24)15-3-5-16(6-4-15)23(30)26-2/h3-8,12-14,18,25H,9-11H2,1-2H3,(H,26,30). The minimum Gasteiger partial charge on any atom is -0.355 e. The summed E-state index contributed by atoms with van der Waals surface area (Å²) in [5, 5.41) is 5.90. The molecule has 2 N–H and O–H groups in total. The first-order valence-electron chi connectivity index (χ1n) is 10.5. The maximum atomic E-state index is 12.7. The Kier molecular flexibility index (Phi) is 5.08. The largest absolute Gasteiger partial charge is 0.355 e. The molecule has 0 unspecified atom stereocenters. The van der Waals surface area contributed by atoms with Crippen molar-refractivity contribution in [3.8, 4) is 11.3 Å². The Hall–Kier alpha value is -3.03. The highest BCUT2D eigenvalue weighted by Crippen LogP contribution is 2.33. The molecule has 0 bridgehead atoms. The summed E-state index contributed by atoms with van der Waals surface area (Å²) in [6.07, 6.45) is 4.81. The maximum Gasteiger partial charge on any atom is 0.251 e. The van der Waals surface area contributed by atoms with Crippen LogP contribution in [0.1, 0.15) is 40.0 Å². The van der Waals surface area contributed by atoms with E-state index in [0.717, 1.165) is 44.8 Å². The van der Waals surface area contributed by atoms with E-state index >= 15 is 0 Å². The molecule has 31 heavy (non-hydrogen) atoms. The summed E-state index contributed by atoms with van der Waals surface area (Å²) in [5.41, 5.74) is 4.29. The Morgan fingerprint density at radius 1 is 1.10 bits per heavy atom. The van der Waals surface area contributed by atoms with Gasteiger partial charge in [-0.1, -0.05) is 23.5 Å². The summed E-state index contributed by atoms with van der Waals surface area (Å²) in [4.78, 5) is 30.1. The molecule has 7 heteroatoms. The lowest BCUT2D eigenvalue weighted by molar-refractivity contribution is 0.0917. The Morgan fingerprint density at radius 3 is 2.55 bits per heavy atom. The Labute approximate surface area is 184 Å². The van der Waals surface area contributed by atoms with Gasteiger partial charge in [0, 0.05) is 42.4 Å². The quantitative estimate of drug-likeness (QED) is 0.449. The molecule has 6 nitrogen and oxygen atoms in total. The van der Waals surface area contributed by atoms with Crippen LogP contribution in [-0.4, -0.2) is 41.2 Å². The predicted molar refractivity (Wildman–Crippen MR) is 124 cm³/mol. The molecule has 1 saturated carbocycles. The molecule has 0 spiro atoms. The second-order valence-electron chi connectivity index (χ2n) is 8.17. The zero-order valence-electron chi connectivity index (χ0n) is 17.5. The third kappa shape index (κ3) is 3.64. The molecule has 158 valence electrons. The number of hydrogen-bond donors (Lipinski definition) is 2. The van der Waals surface area contributed by atoms with E-state index in [1.165, 1.54) is 0 Å². The van der Waals surface area contributed by atoms with Crippen LogP contribution in [0.3, 0.4) is 0 Å². The Bertz CT molecular complexity index is 1280. The smallest absolute Gasteiger partial charge is 0.251 e. The highest BCUT2D eigenvalue weighted by molar-refractivity contribution is 7.23. The normalized spacial score (nSPS) is 18.3. The van der Waals surface area contributed by atoms with Crippen LogP contribution in [0.25, 0.3) is 26.4 Å². The van der Waals surface area contributed by atoms with E-state index in [1.54, 1.807) is 30.5 Å². The highest BCUT2D eigenvalue weighted by atomic mass is 32.1. The first-order chi connectivity index (χ1) is 15.1. The molecule has 2 heterocycles. The van der Waals surface area contributed by atoms with Gasteiger partial charge in [0.15, 0.2) is 10.7 Å². The predicted octanol–water partition coefficient (Wildman–Crippen LogP) is 4.15. The van der Waals surface area contributed by atoms with Crippen LogP contribution in [0.15, 0.2) is 48.7 Å². The van der Waals surface area contributed by atoms with Crippen LogP contribution < -0.4 is 10.6 Å². The number of fused-ring (bicyclic) bond motifs is 3. The number of amides is 1. The van der Waals surface area contributed by atoms with Gasteiger partial charge in [0.05, 0.1) is 15.9 Å². The first-order valence-corrected chi connectivity index (χ1v) is 11.3. The van der Waals surface area contributed by atoms with Crippen molar-refractivity contribution in [3.63, 3.8) is 0 Å². The molecule has 4 aromatic rings. The maximum absolute atomic E-state index is 12.7. The van der Waals surface area contributed by atoms with Crippen LogP contribution in [0.5, 0.6) is 0 Å². The van der Waals surface area contributed by atoms with E-state index in [4.69, 9.17) is 4.98 Å². The fraction of sp³-hybridized carbons (Fsp3) is 0.292. The van der Waals surface area contributed by atoms with Crippen molar-refractivity contribution < 1.29 is 9.59 Å². The van der Waals surface area contributed by atoms with Crippen LogP contribution >= 0.6 is 11.3 Å². The van der Waals surface area contributed by atoms with Gasteiger partial charge in [0.2, 0.25) is 0 Å². The Morgan fingerprint density at radius 2 is 1.84 bits per heavy atom. The summed E-state index contributed by atoms with van der Waals surface area (Å²) in [6, 6.07) is 14.0. The summed E-state index contributed by atoms with van der Waals surface area (Å²) >= 11 is 1.59. The molecule has 1 fully saturated rings. The van der Waals surface area contributed by atoms with Crippen LogP contribution in [0.2, 0.25) is 0 Å². The van der Waals surface area contributed by atoms with Gasteiger partial charge in [0.1, 0.15) is 0 Å². The van der Waals surface area contributed by atoms with E-state index in [-0.39, 0.29) is 11.7 Å². The number of thiazole rings is 1. The number of benzene rings is 2. The molecule has 0 atom stereocenters. The van der Waals surface area contributed by atoms with Crippen molar-refractivity contribution >= 4 is 38.2 Å². The molecule has 0 aliphatic heterocycles. The number of carbonyl (C=O) groups excluding carboxylic acids is 2. The summed E-state index contributed by atoms with van der Waals surface area (Å²) in [7, 11) is 3.60. The molecule has 5 rings (SSSR count). The number of Topliss-reactive ketones (excluding diaryl/α,β-unsaturated/α-hetero) is 1. The number of nitrogens with one attached hydrogen (secondary N) is 2. The van der Waals surface area contributed by atoms with Gasteiger partial charge in [-0.3, -0.25) is 14.0 Å². The third-order valence-corrected chi connectivity index (χ3v) is 7.22. The minimum atomic E-state index is -0.104. The van der Waals surface area contributed by atoms with Crippen LogP contribution in [0.4, 0.5) is 0 Å². The lowest BCUT2D eigenvalue weighted by atomic mass is 9.77. The number of hydrogen-bond acceptors (Lipinski definition) is 5. The number of imidazole rings is 1. The van der Waals surface area contributed by atoms with Crippen LogP contribution in [0, 0.1) is 5.92 Å². The third-order valence-electron chi connectivity index (χ3n) is 6.20. The van der Waals surface area contributed by atoms with Crippen molar-refractivity contribution in [3.05, 3.63) is 59.8 Å². The minimum absolute atomic E-state index is 0.104.